The summed E-state index contributed by atoms with van der Waals surface area (Å²) in [5.41, 5.74) is 3.59. The van der Waals surface area contributed by atoms with E-state index in [1.165, 1.54) is 11.1 Å². The molecule has 0 radical (unpaired) electrons. The second-order valence-electron chi connectivity index (χ2n) is 5.26. The second kappa shape index (κ2) is 5.31. The number of morpholine rings is 1. The van der Waals surface area contributed by atoms with Crippen molar-refractivity contribution in [3.05, 3.63) is 29.3 Å². The number of para-hydroxylation sites is 1. The number of aryl methyl sites for hydroxylation is 2. The van der Waals surface area contributed by atoms with Gasteiger partial charge >= 0.3 is 0 Å². The van der Waals surface area contributed by atoms with Crippen LogP contribution in [0.5, 0.6) is 0 Å². The lowest BCUT2D eigenvalue weighted by molar-refractivity contribution is -0.123. The van der Waals surface area contributed by atoms with Crippen molar-refractivity contribution in [2.45, 2.75) is 25.8 Å². The molecule has 2 aliphatic rings. The molecule has 19 heavy (non-hydrogen) atoms. The molecule has 0 bridgehead atoms. The van der Waals surface area contributed by atoms with Crippen molar-refractivity contribution in [2.24, 2.45) is 0 Å². The van der Waals surface area contributed by atoms with Crippen molar-refractivity contribution < 1.29 is 9.53 Å². The van der Waals surface area contributed by atoms with E-state index >= 15 is 0 Å². The number of nitrogens with one attached hydrogen (secondary N) is 1. The minimum atomic E-state index is -0.195. The molecule has 0 aliphatic carbocycles. The number of anilines is 1. The van der Waals surface area contributed by atoms with Crippen LogP contribution in [0.2, 0.25) is 0 Å². The molecule has 1 N–H and O–H groups in total. The third-order valence-corrected chi connectivity index (χ3v) is 3.90. The topological polar surface area (TPSA) is 41.6 Å². The summed E-state index contributed by atoms with van der Waals surface area (Å²) in [6.07, 6.45) is 2.10. The van der Waals surface area contributed by atoms with E-state index in [-0.39, 0.29) is 11.9 Å². The predicted octanol–water partition coefficient (Wildman–Crippen LogP) is 1.26. The maximum atomic E-state index is 12.7. The summed E-state index contributed by atoms with van der Waals surface area (Å²) in [5, 5.41) is 3.25. The molecule has 4 heteroatoms. The number of amides is 1. The molecule has 1 atom stereocenters. The first-order chi connectivity index (χ1) is 9.27. The standard InChI is InChI=1S/C15H20N2O2/c1-11-4-2-5-12-6-3-8-17(14(11)12)15(18)13-10-19-9-7-16-13/h2,4-5,13,16H,3,6-10H2,1H3. The van der Waals surface area contributed by atoms with Crippen molar-refractivity contribution >= 4 is 11.6 Å². The molecule has 1 aromatic rings. The van der Waals surface area contributed by atoms with Crippen LogP contribution in [-0.2, 0) is 16.0 Å². The van der Waals surface area contributed by atoms with Gasteiger partial charge in [0.15, 0.2) is 0 Å². The lowest BCUT2D eigenvalue weighted by atomic mass is 9.97. The normalized spacial score (nSPS) is 23.0. The Morgan fingerprint density at radius 2 is 2.37 bits per heavy atom. The van der Waals surface area contributed by atoms with Gasteiger partial charge in [-0.25, -0.2) is 0 Å². The smallest absolute Gasteiger partial charge is 0.246 e. The van der Waals surface area contributed by atoms with Crippen LogP contribution in [0.3, 0.4) is 0 Å². The fourth-order valence-electron chi connectivity index (χ4n) is 2.98. The maximum absolute atomic E-state index is 12.7. The molecule has 102 valence electrons. The summed E-state index contributed by atoms with van der Waals surface area (Å²) in [5.74, 6) is 0.148. The molecule has 2 heterocycles. The third-order valence-electron chi connectivity index (χ3n) is 3.90. The lowest BCUT2D eigenvalue weighted by Crippen LogP contribution is -2.53. The molecule has 1 amide bonds. The first-order valence-corrected chi connectivity index (χ1v) is 6.98. The predicted molar refractivity (Wildman–Crippen MR) is 74.5 cm³/mol. The Morgan fingerprint density at radius 3 is 3.16 bits per heavy atom. The van der Waals surface area contributed by atoms with Crippen LogP contribution in [0.15, 0.2) is 18.2 Å². The van der Waals surface area contributed by atoms with Crippen molar-refractivity contribution in [1.82, 2.24) is 5.32 Å². The van der Waals surface area contributed by atoms with Gasteiger partial charge in [-0.1, -0.05) is 18.2 Å². The highest BCUT2D eigenvalue weighted by molar-refractivity contribution is 5.99. The molecule has 1 saturated heterocycles. The van der Waals surface area contributed by atoms with E-state index in [0.29, 0.717) is 13.2 Å². The molecule has 1 unspecified atom stereocenters. The third kappa shape index (κ3) is 2.38. The number of nitrogens with zero attached hydrogens (tertiary/aromatic N) is 1. The first kappa shape index (κ1) is 12.6. The Labute approximate surface area is 113 Å². The molecular formula is C15H20N2O2. The zero-order valence-electron chi connectivity index (χ0n) is 11.3. The molecule has 0 saturated carbocycles. The van der Waals surface area contributed by atoms with Crippen LogP contribution < -0.4 is 10.2 Å². The number of hydrogen-bond acceptors (Lipinski definition) is 3. The van der Waals surface area contributed by atoms with Crippen LogP contribution >= 0.6 is 0 Å². The molecule has 1 aromatic carbocycles. The quantitative estimate of drug-likeness (QED) is 0.826. The van der Waals surface area contributed by atoms with E-state index in [1.54, 1.807) is 0 Å². The summed E-state index contributed by atoms with van der Waals surface area (Å²) in [7, 11) is 0. The Morgan fingerprint density at radius 1 is 1.47 bits per heavy atom. The number of carbonyl (C=O) groups excluding carboxylic acids is 1. The highest BCUT2D eigenvalue weighted by atomic mass is 16.5. The fourth-order valence-corrected chi connectivity index (χ4v) is 2.98. The minimum absolute atomic E-state index is 0.148. The number of hydrogen-bond donors (Lipinski definition) is 1. The van der Waals surface area contributed by atoms with E-state index in [4.69, 9.17) is 4.74 Å². The first-order valence-electron chi connectivity index (χ1n) is 6.98. The molecular weight excluding hydrogens is 240 g/mol. The summed E-state index contributed by atoms with van der Waals surface area (Å²) in [4.78, 5) is 14.6. The Kier molecular flexibility index (Phi) is 3.53. The van der Waals surface area contributed by atoms with Gasteiger partial charge in [0.2, 0.25) is 5.91 Å². The van der Waals surface area contributed by atoms with Crippen LogP contribution in [0, 0.1) is 6.92 Å². The summed E-state index contributed by atoms with van der Waals surface area (Å²) in [6.45, 7) is 4.82. The Balaban J connectivity index is 1.88. The zero-order valence-corrected chi connectivity index (χ0v) is 11.3. The van der Waals surface area contributed by atoms with Crippen molar-refractivity contribution in [3.63, 3.8) is 0 Å². The highest BCUT2D eigenvalue weighted by Crippen LogP contribution is 2.31. The molecule has 4 nitrogen and oxygen atoms in total. The molecule has 0 aromatic heterocycles. The molecule has 0 spiro atoms. The van der Waals surface area contributed by atoms with Gasteiger partial charge in [0, 0.05) is 18.8 Å². The lowest BCUT2D eigenvalue weighted by Gasteiger charge is -2.35. The van der Waals surface area contributed by atoms with E-state index in [9.17, 15) is 4.79 Å². The minimum Gasteiger partial charge on any atom is -0.378 e. The van der Waals surface area contributed by atoms with Crippen LogP contribution in [0.1, 0.15) is 17.5 Å². The van der Waals surface area contributed by atoms with E-state index in [2.05, 4.69) is 30.4 Å². The summed E-state index contributed by atoms with van der Waals surface area (Å²) in [6, 6.07) is 6.09. The van der Waals surface area contributed by atoms with Gasteiger partial charge < -0.3 is 15.0 Å². The van der Waals surface area contributed by atoms with E-state index < -0.39 is 0 Å². The zero-order chi connectivity index (χ0) is 13.2. The van der Waals surface area contributed by atoms with Gasteiger partial charge in [-0.05, 0) is 30.9 Å². The van der Waals surface area contributed by atoms with Gasteiger partial charge in [-0.3, -0.25) is 4.79 Å². The number of ether oxygens (including phenoxy) is 1. The van der Waals surface area contributed by atoms with E-state index in [1.807, 2.05) is 4.90 Å². The monoisotopic (exact) mass is 260 g/mol. The van der Waals surface area contributed by atoms with Crippen LogP contribution in [0.4, 0.5) is 5.69 Å². The fraction of sp³-hybridized carbons (Fsp3) is 0.533. The van der Waals surface area contributed by atoms with E-state index in [0.717, 1.165) is 31.6 Å². The SMILES string of the molecule is Cc1cccc2c1N(C(=O)C1COCCN1)CCC2. The number of benzene rings is 1. The largest absolute Gasteiger partial charge is 0.378 e. The van der Waals surface area contributed by atoms with Gasteiger partial charge in [-0.15, -0.1) is 0 Å². The molecule has 3 rings (SSSR count). The van der Waals surface area contributed by atoms with Gasteiger partial charge in [0.05, 0.1) is 13.2 Å². The number of fused-ring (bicyclic) bond motifs is 1. The Bertz CT molecular complexity index is 481. The second-order valence-corrected chi connectivity index (χ2v) is 5.26. The van der Waals surface area contributed by atoms with Gasteiger partial charge in [0.1, 0.15) is 6.04 Å². The average molecular weight is 260 g/mol. The number of rotatable bonds is 1. The molecule has 2 aliphatic heterocycles. The van der Waals surface area contributed by atoms with Gasteiger partial charge in [-0.2, -0.15) is 0 Å². The number of carbonyl (C=O) groups is 1. The van der Waals surface area contributed by atoms with Crippen LogP contribution in [0.25, 0.3) is 0 Å². The molecule has 1 fully saturated rings. The summed E-state index contributed by atoms with van der Waals surface area (Å²) >= 11 is 0. The highest BCUT2D eigenvalue weighted by Gasteiger charge is 2.30. The van der Waals surface area contributed by atoms with Crippen molar-refractivity contribution in [3.8, 4) is 0 Å². The van der Waals surface area contributed by atoms with Crippen LogP contribution in [-0.4, -0.2) is 38.3 Å². The average Bonchev–Trinajstić information content (AvgIpc) is 2.47. The van der Waals surface area contributed by atoms with Crippen molar-refractivity contribution in [1.29, 1.82) is 0 Å². The van der Waals surface area contributed by atoms with Gasteiger partial charge in [0.25, 0.3) is 0 Å². The Hall–Kier alpha value is -1.39. The van der Waals surface area contributed by atoms with Crippen molar-refractivity contribution in [2.75, 3.05) is 31.2 Å². The summed E-state index contributed by atoms with van der Waals surface area (Å²) < 4.78 is 5.40. The maximum Gasteiger partial charge on any atom is 0.246 e.